The Morgan fingerprint density at radius 3 is 2.76 bits per heavy atom. The van der Waals surface area contributed by atoms with Crippen molar-refractivity contribution in [3.05, 3.63) is 94.6 Å². The Balaban J connectivity index is 1.51. The summed E-state index contributed by atoms with van der Waals surface area (Å²) in [5.41, 5.74) is 5.95. The van der Waals surface area contributed by atoms with Crippen LogP contribution in [-0.4, -0.2) is 51.4 Å². The smallest absolute Gasteiger partial charge is 0.304 e. The van der Waals surface area contributed by atoms with Crippen molar-refractivity contribution in [1.29, 1.82) is 0 Å². The van der Waals surface area contributed by atoms with Crippen molar-refractivity contribution in [3.8, 4) is 5.75 Å². The van der Waals surface area contributed by atoms with Gasteiger partial charge in [0.05, 0.1) is 25.0 Å². The van der Waals surface area contributed by atoms with E-state index in [1.165, 1.54) is 4.31 Å². The number of fused-ring (bicyclic) bond motifs is 5. The number of aliphatic carboxylic acids is 1. The van der Waals surface area contributed by atoms with Gasteiger partial charge >= 0.3 is 5.97 Å². The van der Waals surface area contributed by atoms with E-state index in [0.29, 0.717) is 25.1 Å². The Morgan fingerprint density at radius 1 is 1.10 bits per heavy atom. The van der Waals surface area contributed by atoms with E-state index in [2.05, 4.69) is 16.4 Å². The fraction of sp³-hybridized carbons (Fsp3) is 0.323. The van der Waals surface area contributed by atoms with Crippen LogP contribution in [0.5, 0.6) is 5.75 Å². The third-order valence-corrected chi connectivity index (χ3v) is 9.98. The van der Waals surface area contributed by atoms with Crippen molar-refractivity contribution < 1.29 is 23.1 Å². The highest BCUT2D eigenvalue weighted by atomic mass is 32.2. The monoisotopic (exact) mass is 572 g/mol. The van der Waals surface area contributed by atoms with Crippen LogP contribution in [0.4, 0.5) is 0 Å². The zero-order chi connectivity index (χ0) is 28.7. The van der Waals surface area contributed by atoms with E-state index in [9.17, 15) is 18.3 Å². The minimum atomic E-state index is -3.85. The highest BCUT2D eigenvalue weighted by molar-refractivity contribution is 7.89. The molecule has 3 atom stereocenters. The zero-order valence-electron chi connectivity index (χ0n) is 23.0. The summed E-state index contributed by atoms with van der Waals surface area (Å²) < 4.78 is 37.4. The molecule has 10 heteroatoms. The first-order chi connectivity index (χ1) is 19.7. The molecule has 3 aliphatic heterocycles. The molecule has 9 nitrogen and oxygen atoms in total. The number of carbonyl (C=O) groups is 1. The molecule has 7 rings (SSSR count). The summed E-state index contributed by atoms with van der Waals surface area (Å²) in [6.45, 7) is 4.79. The molecule has 3 aromatic carbocycles. The van der Waals surface area contributed by atoms with Crippen molar-refractivity contribution in [2.45, 2.75) is 63.1 Å². The molecule has 1 aromatic heterocycles. The third-order valence-electron chi connectivity index (χ3n) is 8.13. The zero-order valence-corrected chi connectivity index (χ0v) is 23.8. The van der Waals surface area contributed by atoms with Gasteiger partial charge in [0, 0.05) is 12.5 Å². The van der Waals surface area contributed by atoms with E-state index in [-0.39, 0.29) is 30.5 Å². The summed E-state index contributed by atoms with van der Waals surface area (Å²) in [7, 11) is -3.85. The number of ether oxygens (including phenoxy) is 1. The minimum absolute atomic E-state index is 0.114. The minimum Gasteiger partial charge on any atom is -0.488 e. The van der Waals surface area contributed by atoms with E-state index < -0.39 is 21.9 Å². The quantitative estimate of drug-likeness (QED) is 0.338. The molecule has 3 unspecified atom stereocenters. The number of aryl methyl sites for hydroxylation is 2. The lowest BCUT2D eigenvalue weighted by Gasteiger charge is -2.25. The van der Waals surface area contributed by atoms with Gasteiger partial charge in [-0.25, -0.2) is 13.1 Å². The summed E-state index contributed by atoms with van der Waals surface area (Å²) in [6.07, 6.45) is 4.98. The Kier molecular flexibility index (Phi) is 7.13. The van der Waals surface area contributed by atoms with E-state index >= 15 is 0 Å². The van der Waals surface area contributed by atoms with Crippen molar-refractivity contribution in [1.82, 2.24) is 19.3 Å². The molecule has 1 N–H and O–H groups in total. The average Bonchev–Trinajstić information content (AvgIpc) is 3.32. The first kappa shape index (κ1) is 27.2. The predicted molar refractivity (Wildman–Crippen MR) is 154 cm³/mol. The molecule has 41 heavy (non-hydrogen) atoms. The highest BCUT2D eigenvalue weighted by Gasteiger charge is 2.35. The van der Waals surface area contributed by atoms with E-state index in [4.69, 9.17) is 4.74 Å². The van der Waals surface area contributed by atoms with Gasteiger partial charge in [0.25, 0.3) is 0 Å². The number of hydrogen-bond acceptors (Lipinski definition) is 6. The summed E-state index contributed by atoms with van der Waals surface area (Å²) in [6, 6.07) is 16.6. The first-order valence-electron chi connectivity index (χ1n) is 13.8. The number of rotatable bonds is 2. The first-order valence-corrected chi connectivity index (χ1v) is 15.2. The topological polar surface area (TPSA) is 115 Å². The molecule has 0 fully saturated rings. The number of benzene rings is 3. The van der Waals surface area contributed by atoms with Gasteiger partial charge < -0.3 is 9.84 Å². The van der Waals surface area contributed by atoms with Crippen LogP contribution in [0, 0.1) is 13.8 Å². The number of aromatic nitrogens is 3. The number of allylic oxidation sites excluding steroid dienone is 2. The molecule has 0 saturated carbocycles. The molecule has 0 radical (unpaired) electrons. The lowest BCUT2D eigenvalue weighted by atomic mass is 9.84. The Hall–Kier alpha value is -4.02. The maximum atomic E-state index is 13.9. The summed E-state index contributed by atoms with van der Waals surface area (Å²) in [5.74, 6) is -0.999. The number of hydrogen-bond donors (Lipinski definition) is 1. The number of carboxylic acids is 1. The van der Waals surface area contributed by atoms with E-state index in [0.717, 1.165) is 38.9 Å². The molecule has 4 heterocycles. The van der Waals surface area contributed by atoms with Gasteiger partial charge in [-0.3, -0.25) is 4.79 Å². The molecule has 8 bridgehead atoms. The lowest BCUT2D eigenvalue weighted by Crippen LogP contribution is -2.36. The second kappa shape index (κ2) is 10.8. The van der Waals surface area contributed by atoms with Crippen LogP contribution in [0.1, 0.15) is 53.0 Å². The second-order valence-electron chi connectivity index (χ2n) is 10.8. The summed E-state index contributed by atoms with van der Waals surface area (Å²) in [4.78, 5) is 12.2. The van der Waals surface area contributed by atoms with E-state index in [1.807, 2.05) is 54.9 Å². The molecule has 0 amide bonds. The van der Waals surface area contributed by atoms with Crippen LogP contribution in [0.25, 0.3) is 11.0 Å². The van der Waals surface area contributed by atoms with Crippen molar-refractivity contribution in [3.63, 3.8) is 0 Å². The molecule has 0 aliphatic carbocycles. The van der Waals surface area contributed by atoms with Crippen LogP contribution >= 0.6 is 0 Å². The SMILES string of the molecule is Cc1ccc2cc1CN1CC(CCC=CCn3nnc4c(C)c(ccc43)C2CC(=O)O)Oc2ccccc2S1(=O)=O. The van der Waals surface area contributed by atoms with Gasteiger partial charge in [-0.1, -0.05) is 53.8 Å². The fourth-order valence-electron chi connectivity index (χ4n) is 5.86. The summed E-state index contributed by atoms with van der Waals surface area (Å²) in [5, 5.41) is 18.7. The van der Waals surface area contributed by atoms with Crippen LogP contribution in [0.3, 0.4) is 0 Å². The maximum absolute atomic E-state index is 13.9. The van der Waals surface area contributed by atoms with Crippen molar-refractivity contribution >= 4 is 27.0 Å². The molecular weight excluding hydrogens is 540 g/mol. The maximum Gasteiger partial charge on any atom is 0.304 e. The van der Waals surface area contributed by atoms with Crippen LogP contribution in [0.15, 0.2) is 71.6 Å². The van der Waals surface area contributed by atoms with Gasteiger partial charge in [-0.15, -0.1) is 5.10 Å². The van der Waals surface area contributed by atoms with Gasteiger partial charge in [0.15, 0.2) is 0 Å². The highest BCUT2D eigenvalue weighted by Crippen LogP contribution is 2.36. The van der Waals surface area contributed by atoms with Crippen molar-refractivity contribution in [2.24, 2.45) is 0 Å². The largest absolute Gasteiger partial charge is 0.488 e. The Labute approximate surface area is 239 Å². The van der Waals surface area contributed by atoms with Gasteiger partial charge in [0.2, 0.25) is 10.0 Å². The normalized spacial score (nSPS) is 22.0. The fourth-order valence-corrected chi connectivity index (χ4v) is 7.43. The second-order valence-corrected chi connectivity index (χ2v) is 12.7. The number of carboxylic acid groups (broad SMARTS) is 1. The molecule has 212 valence electrons. The predicted octanol–water partition coefficient (Wildman–Crippen LogP) is 4.96. The standard InChI is InChI=1S/C31H32N4O5S/c1-20-11-12-22-16-23(20)18-34-19-24(40-28-9-5-6-10-29(28)41(34,38)39)8-4-3-7-15-35-27-14-13-25(26(22)17-30(36)37)21(2)31(27)32-33-35/h3,5-7,9-14,16,24,26H,4,8,15,17-19H2,1-2H3,(H,36,37). The average molecular weight is 573 g/mol. The van der Waals surface area contributed by atoms with Crippen LogP contribution in [-0.2, 0) is 27.9 Å². The Morgan fingerprint density at radius 2 is 1.93 bits per heavy atom. The molecule has 0 spiro atoms. The van der Waals surface area contributed by atoms with Crippen molar-refractivity contribution in [2.75, 3.05) is 6.54 Å². The van der Waals surface area contributed by atoms with Gasteiger partial charge in [0.1, 0.15) is 22.3 Å². The number of para-hydroxylation sites is 1. The van der Waals surface area contributed by atoms with Crippen LogP contribution < -0.4 is 4.74 Å². The third kappa shape index (κ3) is 5.13. The molecule has 4 aromatic rings. The Bertz CT molecular complexity index is 1780. The van der Waals surface area contributed by atoms with Crippen LogP contribution in [0.2, 0.25) is 0 Å². The van der Waals surface area contributed by atoms with Gasteiger partial charge in [-0.2, -0.15) is 4.31 Å². The molecule has 3 aliphatic rings. The van der Waals surface area contributed by atoms with E-state index in [1.54, 1.807) is 24.3 Å². The lowest BCUT2D eigenvalue weighted by molar-refractivity contribution is -0.137. The molecular formula is C31H32N4O5S. The van der Waals surface area contributed by atoms with Gasteiger partial charge in [-0.05, 0) is 72.7 Å². The summed E-state index contributed by atoms with van der Waals surface area (Å²) >= 11 is 0. The number of nitrogens with zero attached hydrogens (tertiary/aromatic N) is 4. The number of sulfonamides is 1. The molecule has 0 saturated heterocycles.